The van der Waals surface area contributed by atoms with E-state index in [2.05, 4.69) is 25.8 Å². The highest BCUT2D eigenvalue weighted by molar-refractivity contribution is 5.74. The number of amides is 2. The molecule has 2 N–H and O–H groups in total. The van der Waals surface area contributed by atoms with Crippen molar-refractivity contribution in [3.05, 3.63) is 29.1 Å². The van der Waals surface area contributed by atoms with Gasteiger partial charge >= 0.3 is 6.03 Å². The molecule has 8 nitrogen and oxygen atoms in total. The maximum atomic E-state index is 12.2. The largest absolute Gasteiger partial charge is 0.335 e. The van der Waals surface area contributed by atoms with Crippen LogP contribution in [0.25, 0.3) is 0 Å². The molecule has 2 heterocycles. The summed E-state index contributed by atoms with van der Waals surface area (Å²) in [6, 6.07) is -0.211. The van der Waals surface area contributed by atoms with E-state index in [0.717, 1.165) is 23.6 Å². The van der Waals surface area contributed by atoms with Crippen LogP contribution in [-0.4, -0.2) is 36.6 Å². The Bertz CT molecular complexity index is 739. The molecule has 0 radical (unpaired) electrons. The van der Waals surface area contributed by atoms with Crippen molar-refractivity contribution in [2.45, 2.75) is 66.1 Å². The molecule has 0 aromatic carbocycles. The minimum absolute atomic E-state index is 0.00193. The van der Waals surface area contributed by atoms with Crippen molar-refractivity contribution in [1.29, 1.82) is 0 Å². The van der Waals surface area contributed by atoms with Crippen LogP contribution in [0.1, 0.15) is 50.5 Å². The van der Waals surface area contributed by atoms with Gasteiger partial charge in [-0.1, -0.05) is 0 Å². The molecule has 0 fully saturated rings. The quantitative estimate of drug-likeness (QED) is 0.863. The average molecular weight is 347 g/mol. The zero-order valence-corrected chi connectivity index (χ0v) is 16.2. The maximum absolute atomic E-state index is 12.2. The summed E-state index contributed by atoms with van der Waals surface area (Å²) in [7, 11) is 1.93. The lowest BCUT2D eigenvalue weighted by molar-refractivity contribution is 0.236. The lowest BCUT2D eigenvalue weighted by Crippen LogP contribution is -2.42. The van der Waals surface area contributed by atoms with Crippen molar-refractivity contribution >= 4 is 6.03 Å². The van der Waals surface area contributed by atoms with Gasteiger partial charge in [0.25, 0.3) is 0 Å². The van der Waals surface area contributed by atoms with Crippen LogP contribution < -0.4 is 10.6 Å². The first-order chi connectivity index (χ1) is 11.6. The highest BCUT2D eigenvalue weighted by Gasteiger charge is 2.19. The Kier molecular flexibility index (Phi) is 5.49. The molecule has 138 valence electrons. The van der Waals surface area contributed by atoms with Crippen LogP contribution in [-0.2, 0) is 25.6 Å². The highest BCUT2D eigenvalue weighted by atomic mass is 16.2. The van der Waals surface area contributed by atoms with E-state index in [0.29, 0.717) is 6.54 Å². The van der Waals surface area contributed by atoms with Crippen LogP contribution >= 0.6 is 0 Å². The van der Waals surface area contributed by atoms with Crippen molar-refractivity contribution in [1.82, 2.24) is 35.2 Å². The van der Waals surface area contributed by atoms with E-state index in [1.54, 1.807) is 0 Å². The monoisotopic (exact) mass is 347 g/mol. The molecule has 0 aliphatic carbocycles. The standard InChI is InChI=1S/C17H29N7O/c1-11(8-14-12(2)22-23(7)13(14)3)21-16(25)18-9-15-19-10-20-24(15)17(4,5)6/h10-11H,8-9H2,1-7H3,(H2,18,21,25)/t11-/m1/s1. The summed E-state index contributed by atoms with van der Waals surface area (Å²) in [5, 5.41) is 14.5. The molecule has 2 aromatic rings. The van der Waals surface area contributed by atoms with Crippen LogP contribution in [0.4, 0.5) is 4.79 Å². The Morgan fingerprint density at radius 1 is 1.32 bits per heavy atom. The molecule has 8 heteroatoms. The smallest absolute Gasteiger partial charge is 0.315 e. The first kappa shape index (κ1) is 19.0. The number of urea groups is 1. The van der Waals surface area contributed by atoms with Crippen LogP contribution in [0.15, 0.2) is 6.33 Å². The number of hydrogen-bond donors (Lipinski definition) is 2. The minimum atomic E-state index is -0.213. The van der Waals surface area contributed by atoms with E-state index < -0.39 is 0 Å². The molecule has 25 heavy (non-hydrogen) atoms. The van der Waals surface area contributed by atoms with E-state index in [9.17, 15) is 4.79 Å². The summed E-state index contributed by atoms with van der Waals surface area (Å²) in [6.07, 6.45) is 2.26. The number of carbonyl (C=O) groups is 1. The van der Waals surface area contributed by atoms with Crippen molar-refractivity contribution in [2.24, 2.45) is 7.05 Å². The Labute approximate surface area is 149 Å². The van der Waals surface area contributed by atoms with Crippen LogP contribution in [0.2, 0.25) is 0 Å². The van der Waals surface area contributed by atoms with Gasteiger partial charge < -0.3 is 10.6 Å². The second-order valence-electron chi connectivity index (χ2n) is 7.46. The third-order valence-corrected chi connectivity index (χ3v) is 4.21. The number of nitrogens with one attached hydrogen (secondary N) is 2. The number of aryl methyl sites for hydroxylation is 2. The van der Waals surface area contributed by atoms with Crippen LogP contribution in [0, 0.1) is 13.8 Å². The predicted molar refractivity (Wildman–Crippen MR) is 96.2 cm³/mol. The van der Waals surface area contributed by atoms with Crippen LogP contribution in [0.3, 0.4) is 0 Å². The number of rotatable bonds is 5. The van der Waals surface area contributed by atoms with Gasteiger partial charge in [0, 0.05) is 18.8 Å². The number of hydrogen-bond acceptors (Lipinski definition) is 4. The first-order valence-electron chi connectivity index (χ1n) is 8.52. The van der Waals surface area contributed by atoms with Gasteiger partial charge in [0.2, 0.25) is 0 Å². The lowest BCUT2D eigenvalue weighted by Gasteiger charge is -2.21. The zero-order valence-electron chi connectivity index (χ0n) is 16.2. The number of aromatic nitrogens is 5. The third kappa shape index (κ3) is 4.58. The summed E-state index contributed by atoms with van der Waals surface area (Å²) in [5.74, 6) is 0.731. The molecule has 0 spiro atoms. The molecule has 0 bridgehead atoms. The number of nitrogens with zero attached hydrogens (tertiary/aromatic N) is 5. The molecule has 0 saturated heterocycles. The normalized spacial score (nSPS) is 12.9. The molecular weight excluding hydrogens is 318 g/mol. The van der Waals surface area contributed by atoms with Crippen molar-refractivity contribution < 1.29 is 4.79 Å². The Hall–Kier alpha value is -2.38. The van der Waals surface area contributed by atoms with E-state index in [1.165, 1.54) is 11.9 Å². The highest BCUT2D eigenvalue weighted by Crippen LogP contribution is 2.15. The van der Waals surface area contributed by atoms with Gasteiger partial charge in [0.15, 0.2) is 0 Å². The fourth-order valence-corrected chi connectivity index (χ4v) is 2.85. The number of carbonyl (C=O) groups excluding carboxylic acids is 1. The van der Waals surface area contributed by atoms with Gasteiger partial charge in [0.1, 0.15) is 12.2 Å². The Morgan fingerprint density at radius 2 is 2.00 bits per heavy atom. The van der Waals surface area contributed by atoms with Crippen LogP contribution in [0.5, 0.6) is 0 Å². The van der Waals surface area contributed by atoms with Crippen molar-refractivity contribution in [2.75, 3.05) is 0 Å². The van der Waals surface area contributed by atoms with Gasteiger partial charge in [-0.3, -0.25) is 4.68 Å². The van der Waals surface area contributed by atoms with Crippen molar-refractivity contribution in [3.63, 3.8) is 0 Å². The maximum Gasteiger partial charge on any atom is 0.315 e. The lowest BCUT2D eigenvalue weighted by atomic mass is 10.1. The van der Waals surface area contributed by atoms with Crippen molar-refractivity contribution in [3.8, 4) is 0 Å². The minimum Gasteiger partial charge on any atom is -0.335 e. The van der Waals surface area contributed by atoms with E-state index in [4.69, 9.17) is 0 Å². The predicted octanol–water partition coefficient (Wildman–Crippen LogP) is 1.81. The topological polar surface area (TPSA) is 89.7 Å². The summed E-state index contributed by atoms with van der Waals surface area (Å²) in [6.45, 7) is 12.5. The Balaban J connectivity index is 1.89. The summed E-state index contributed by atoms with van der Waals surface area (Å²) >= 11 is 0. The zero-order chi connectivity index (χ0) is 18.8. The SMILES string of the molecule is Cc1nn(C)c(C)c1C[C@@H](C)NC(=O)NCc1ncnn1C(C)(C)C. The second-order valence-corrected chi connectivity index (χ2v) is 7.46. The summed E-state index contributed by atoms with van der Waals surface area (Å²) < 4.78 is 3.69. The molecule has 2 aromatic heterocycles. The van der Waals surface area contributed by atoms with E-state index >= 15 is 0 Å². The van der Waals surface area contributed by atoms with Gasteiger partial charge in [-0.25, -0.2) is 14.5 Å². The molecule has 0 aliphatic rings. The van der Waals surface area contributed by atoms with Gasteiger partial charge in [-0.15, -0.1) is 0 Å². The van der Waals surface area contributed by atoms with Gasteiger partial charge in [0.05, 0.1) is 17.8 Å². The summed E-state index contributed by atoms with van der Waals surface area (Å²) in [5.41, 5.74) is 3.15. The molecule has 0 aliphatic heterocycles. The van der Waals surface area contributed by atoms with Gasteiger partial charge in [-0.05, 0) is 53.5 Å². The molecule has 1 atom stereocenters. The van der Waals surface area contributed by atoms with E-state index in [1.807, 2.05) is 58.0 Å². The molecule has 2 amide bonds. The fourth-order valence-electron chi connectivity index (χ4n) is 2.85. The molecule has 0 unspecified atom stereocenters. The Morgan fingerprint density at radius 3 is 2.56 bits per heavy atom. The molecule has 0 saturated carbocycles. The third-order valence-electron chi connectivity index (χ3n) is 4.21. The van der Waals surface area contributed by atoms with E-state index in [-0.39, 0.29) is 17.6 Å². The molecule has 2 rings (SSSR count). The van der Waals surface area contributed by atoms with Gasteiger partial charge in [-0.2, -0.15) is 10.2 Å². The first-order valence-corrected chi connectivity index (χ1v) is 8.52. The average Bonchev–Trinajstić information content (AvgIpc) is 3.06. The fraction of sp³-hybridized carbons (Fsp3) is 0.647. The summed E-state index contributed by atoms with van der Waals surface area (Å²) in [4.78, 5) is 16.4. The molecular formula is C17H29N7O. The second kappa shape index (κ2) is 7.25.